The number of ether oxygens (including phenoxy) is 2. The summed E-state index contributed by atoms with van der Waals surface area (Å²) in [6, 6.07) is 0. The maximum absolute atomic E-state index is 6.11. The molecule has 2 unspecified atom stereocenters. The molecule has 0 radical (unpaired) electrons. The Hall–Kier alpha value is -0.120. The second-order valence-corrected chi connectivity index (χ2v) is 5.28. The third-order valence-electron chi connectivity index (χ3n) is 3.13. The number of morpholine rings is 1. The van der Waals surface area contributed by atoms with Gasteiger partial charge < -0.3 is 14.8 Å². The molecule has 0 aromatic rings. The van der Waals surface area contributed by atoms with Crippen molar-refractivity contribution in [3.63, 3.8) is 0 Å². The maximum Gasteiger partial charge on any atom is 0.0859 e. The molecule has 0 aromatic carbocycles. The molecule has 3 heteroatoms. The van der Waals surface area contributed by atoms with Gasteiger partial charge in [0, 0.05) is 25.9 Å². The number of nitrogens with one attached hydrogen (secondary N) is 1. The number of hydrogen-bond donors (Lipinski definition) is 1. The summed E-state index contributed by atoms with van der Waals surface area (Å²) in [5.74, 6) is 0. The number of hydrogen-bond acceptors (Lipinski definition) is 3. The van der Waals surface area contributed by atoms with Crippen molar-refractivity contribution in [1.29, 1.82) is 0 Å². The van der Waals surface area contributed by atoms with Crippen LogP contribution < -0.4 is 5.32 Å². The average molecular weight is 199 g/mol. The molecular weight excluding hydrogens is 178 g/mol. The number of rotatable bonds is 0. The fourth-order valence-electron chi connectivity index (χ4n) is 2.69. The summed E-state index contributed by atoms with van der Waals surface area (Å²) in [4.78, 5) is 0. The predicted molar refractivity (Wildman–Crippen MR) is 55.4 cm³/mol. The minimum Gasteiger partial charge on any atom is -0.375 e. The highest BCUT2D eigenvalue weighted by Gasteiger charge is 2.44. The molecule has 14 heavy (non-hydrogen) atoms. The van der Waals surface area contributed by atoms with Crippen molar-refractivity contribution in [2.75, 3.05) is 19.7 Å². The van der Waals surface area contributed by atoms with Crippen molar-refractivity contribution in [2.24, 2.45) is 0 Å². The van der Waals surface area contributed by atoms with E-state index in [1.807, 2.05) is 0 Å². The van der Waals surface area contributed by atoms with Crippen LogP contribution in [-0.2, 0) is 9.47 Å². The van der Waals surface area contributed by atoms with Gasteiger partial charge in [0.05, 0.1) is 23.9 Å². The van der Waals surface area contributed by atoms with E-state index >= 15 is 0 Å². The molecule has 2 rings (SSSR count). The van der Waals surface area contributed by atoms with E-state index in [-0.39, 0.29) is 11.2 Å². The molecule has 2 heterocycles. The molecule has 2 saturated heterocycles. The van der Waals surface area contributed by atoms with Crippen LogP contribution in [0.5, 0.6) is 0 Å². The lowest BCUT2D eigenvalue weighted by Crippen LogP contribution is -2.58. The van der Waals surface area contributed by atoms with E-state index in [1.54, 1.807) is 0 Å². The van der Waals surface area contributed by atoms with E-state index in [2.05, 4.69) is 26.1 Å². The van der Waals surface area contributed by atoms with E-state index in [9.17, 15) is 0 Å². The summed E-state index contributed by atoms with van der Waals surface area (Å²) < 4.78 is 11.8. The second kappa shape index (κ2) is 3.47. The fraction of sp³-hybridized carbons (Fsp3) is 1.00. The van der Waals surface area contributed by atoms with E-state index in [1.165, 1.54) is 0 Å². The summed E-state index contributed by atoms with van der Waals surface area (Å²) in [6.07, 6.45) is 2.35. The molecule has 82 valence electrons. The van der Waals surface area contributed by atoms with E-state index in [4.69, 9.17) is 9.47 Å². The Balaban J connectivity index is 2.06. The van der Waals surface area contributed by atoms with Crippen LogP contribution in [0.1, 0.15) is 33.6 Å². The van der Waals surface area contributed by atoms with Gasteiger partial charge in [0.1, 0.15) is 0 Å². The average Bonchev–Trinajstić information content (AvgIpc) is 2.00. The van der Waals surface area contributed by atoms with Crippen molar-refractivity contribution in [3.8, 4) is 0 Å². The normalized spacial score (nSPS) is 42.6. The maximum atomic E-state index is 6.11. The van der Waals surface area contributed by atoms with Crippen LogP contribution in [0.4, 0.5) is 0 Å². The first kappa shape index (κ1) is 10.4. The summed E-state index contributed by atoms with van der Waals surface area (Å²) in [6.45, 7) is 9.21. The van der Waals surface area contributed by atoms with Gasteiger partial charge in [0.2, 0.25) is 0 Å². The first-order valence-corrected chi connectivity index (χ1v) is 5.54. The zero-order valence-electron chi connectivity index (χ0n) is 9.43. The quantitative estimate of drug-likeness (QED) is 0.638. The van der Waals surface area contributed by atoms with Crippen LogP contribution in [0.25, 0.3) is 0 Å². The summed E-state index contributed by atoms with van der Waals surface area (Å²) >= 11 is 0. The topological polar surface area (TPSA) is 30.5 Å². The molecule has 0 amide bonds. The third kappa shape index (κ3) is 2.10. The predicted octanol–water partition coefficient (Wildman–Crippen LogP) is 1.32. The van der Waals surface area contributed by atoms with Gasteiger partial charge >= 0.3 is 0 Å². The molecule has 1 spiro atoms. The minimum atomic E-state index is -0.0308. The lowest BCUT2D eigenvalue weighted by Gasteiger charge is -2.48. The van der Waals surface area contributed by atoms with Crippen LogP contribution in [0.3, 0.4) is 0 Å². The Labute approximate surface area is 86.2 Å². The summed E-state index contributed by atoms with van der Waals surface area (Å²) in [7, 11) is 0. The SMILES string of the molecule is CC1CNCC2(CCOC(C)(C)C2)O1. The van der Waals surface area contributed by atoms with E-state index in [0.29, 0.717) is 6.10 Å². The molecule has 0 aliphatic carbocycles. The first-order chi connectivity index (χ1) is 6.52. The van der Waals surface area contributed by atoms with Crippen molar-refractivity contribution >= 4 is 0 Å². The summed E-state index contributed by atoms with van der Waals surface area (Å²) in [5.41, 5.74) is -0.00356. The van der Waals surface area contributed by atoms with Gasteiger partial charge in [-0.25, -0.2) is 0 Å². The van der Waals surface area contributed by atoms with Gasteiger partial charge in [-0.05, 0) is 20.8 Å². The van der Waals surface area contributed by atoms with Crippen molar-refractivity contribution in [1.82, 2.24) is 5.32 Å². The highest BCUT2D eigenvalue weighted by molar-refractivity contribution is 4.96. The Bertz CT molecular complexity index is 213. The molecule has 2 aliphatic heterocycles. The fourth-order valence-corrected chi connectivity index (χ4v) is 2.69. The Morgan fingerprint density at radius 1 is 1.36 bits per heavy atom. The lowest BCUT2D eigenvalue weighted by molar-refractivity contribution is -0.196. The summed E-state index contributed by atoms with van der Waals surface area (Å²) in [5, 5.41) is 3.45. The van der Waals surface area contributed by atoms with Crippen molar-refractivity contribution < 1.29 is 9.47 Å². The minimum absolute atomic E-state index is 0.0272. The van der Waals surface area contributed by atoms with Gasteiger partial charge in [-0.2, -0.15) is 0 Å². The van der Waals surface area contributed by atoms with Crippen LogP contribution in [-0.4, -0.2) is 37.0 Å². The zero-order valence-corrected chi connectivity index (χ0v) is 9.43. The molecule has 3 nitrogen and oxygen atoms in total. The second-order valence-electron chi connectivity index (χ2n) is 5.28. The van der Waals surface area contributed by atoms with Gasteiger partial charge in [0.25, 0.3) is 0 Å². The van der Waals surface area contributed by atoms with Crippen molar-refractivity contribution in [3.05, 3.63) is 0 Å². The Kier molecular flexibility index (Phi) is 2.58. The van der Waals surface area contributed by atoms with Crippen LogP contribution in [0.2, 0.25) is 0 Å². The third-order valence-corrected chi connectivity index (χ3v) is 3.13. The first-order valence-electron chi connectivity index (χ1n) is 5.54. The Morgan fingerprint density at radius 3 is 2.79 bits per heavy atom. The van der Waals surface area contributed by atoms with Gasteiger partial charge in [-0.15, -0.1) is 0 Å². The molecule has 0 saturated carbocycles. The molecule has 0 aromatic heterocycles. The van der Waals surface area contributed by atoms with Gasteiger partial charge in [-0.3, -0.25) is 0 Å². The van der Waals surface area contributed by atoms with Crippen LogP contribution in [0, 0.1) is 0 Å². The highest BCUT2D eigenvalue weighted by atomic mass is 16.5. The lowest BCUT2D eigenvalue weighted by atomic mass is 9.83. The molecule has 2 atom stereocenters. The largest absolute Gasteiger partial charge is 0.375 e. The standard InChI is InChI=1S/C11H21NO2/c1-9-6-12-8-11(14-9)4-5-13-10(2,3)7-11/h9,12H,4-8H2,1-3H3. The van der Waals surface area contributed by atoms with E-state index in [0.717, 1.165) is 32.5 Å². The van der Waals surface area contributed by atoms with Gasteiger partial charge in [0.15, 0.2) is 0 Å². The smallest absolute Gasteiger partial charge is 0.0859 e. The monoisotopic (exact) mass is 199 g/mol. The molecule has 2 aliphatic rings. The Morgan fingerprint density at radius 2 is 2.14 bits per heavy atom. The molecule has 0 bridgehead atoms. The van der Waals surface area contributed by atoms with Gasteiger partial charge in [-0.1, -0.05) is 0 Å². The highest BCUT2D eigenvalue weighted by Crippen LogP contribution is 2.36. The molecular formula is C11H21NO2. The van der Waals surface area contributed by atoms with Crippen LogP contribution >= 0.6 is 0 Å². The zero-order chi connectivity index (χ0) is 10.2. The van der Waals surface area contributed by atoms with Crippen LogP contribution in [0.15, 0.2) is 0 Å². The van der Waals surface area contributed by atoms with E-state index < -0.39 is 0 Å². The molecule has 1 N–H and O–H groups in total. The van der Waals surface area contributed by atoms with Crippen molar-refractivity contribution in [2.45, 2.75) is 50.9 Å². The molecule has 2 fully saturated rings.